The van der Waals surface area contributed by atoms with Gasteiger partial charge in [-0.15, -0.1) is 0 Å². The summed E-state index contributed by atoms with van der Waals surface area (Å²) in [6.45, 7) is 2.98. The molecule has 0 saturated carbocycles. The number of aromatic nitrogens is 1. The summed E-state index contributed by atoms with van der Waals surface area (Å²) in [6, 6.07) is 15.8. The summed E-state index contributed by atoms with van der Waals surface area (Å²) >= 11 is 0. The second kappa shape index (κ2) is 8.27. The highest BCUT2D eigenvalue weighted by Gasteiger charge is 2.67. The molecule has 2 N–H and O–H groups in total. The lowest BCUT2D eigenvalue weighted by molar-refractivity contribution is -0.138. The molecule has 1 spiro atoms. The number of carbonyl (C=O) groups is 2. The van der Waals surface area contributed by atoms with Gasteiger partial charge in [-0.3, -0.25) is 9.59 Å². The van der Waals surface area contributed by atoms with E-state index < -0.39 is 17.4 Å². The van der Waals surface area contributed by atoms with E-state index >= 15 is 0 Å². The van der Waals surface area contributed by atoms with Gasteiger partial charge in [-0.2, -0.15) is 0 Å². The first-order valence-electron chi connectivity index (χ1n) is 12.1. The van der Waals surface area contributed by atoms with Gasteiger partial charge < -0.3 is 24.7 Å². The van der Waals surface area contributed by atoms with Crippen LogP contribution < -0.4 is 10.1 Å². The van der Waals surface area contributed by atoms with E-state index in [1.165, 1.54) is 5.39 Å². The maximum Gasteiger partial charge on any atom is 0.230 e. The molecular formula is C28H29N3O4. The summed E-state index contributed by atoms with van der Waals surface area (Å²) in [5, 5.41) is 4.25. The van der Waals surface area contributed by atoms with Crippen molar-refractivity contribution in [1.29, 1.82) is 0 Å². The van der Waals surface area contributed by atoms with Crippen LogP contribution in [0.4, 0.5) is 0 Å². The number of hydrogen-bond acceptors (Lipinski definition) is 4. The molecule has 2 aromatic carbocycles. The highest BCUT2D eigenvalue weighted by molar-refractivity contribution is 5.93. The summed E-state index contributed by atoms with van der Waals surface area (Å²) in [5.41, 5.74) is 2.55. The van der Waals surface area contributed by atoms with E-state index in [9.17, 15) is 9.59 Å². The van der Waals surface area contributed by atoms with Gasteiger partial charge in [-0.1, -0.05) is 42.5 Å². The maximum absolute atomic E-state index is 13.6. The monoisotopic (exact) mass is 471 g/mol. The molecule has 5 atom stereocenters. The van der Waals surface area contributed by atoms with Crippen LogP contribution in [0, 0.1) is 11.8 Å². The molecule has 5 unspecified atom stereocenters. The number of H-pyrrole nitrogens is 1. The first-order valence-corrected chi connectivity index (χ1v) is 12.1. The molecule has 0 radical (unpaired) electrons. The minimum Gasteiger partial charge on any atom is -0.497 e. The third-order valence-electron chi connectivity index (χ3n) is 7.87. The zero-order chi connectivity index (χ0) is 24.2. The fourth-order valence-corrected chi connectivity index (χ4v) is 5.99. The number of hydrogen-bond donors (Lipinski definition) is 2. The number of methoxy groups -OCH3 is 1. The van der Waals surface area contributed by atoms with Crippen LogP contribution in [0.25, 0.3) is 10.9 Å². The number of likely N-dealkylation sites (tertiary alicyclic amines) is 1. The lowest BCUT2D eigenvalue weighted by Crippen LogP contribution is -2.44. The molecule has 4 heterocycles. The summed E-state index contributed by atoms with van der Waals surface area (Å²) in [4.78, 5) is 32.1. The van der Waals surface area contributed by atoms with Crippen molar-refractivity contribution in [3.05, 3.63) is 78.0 Å². The lowest BCUT2D eigenvalue weighted by Gasteiger charge is -2.28. The topological polar surface area (TPSA) is 83.7 Å². The van der Waals surface area contributed by atoms with Gasteiger partial charge in [0.05, 0.1) is 37.6 Å². The Balaban J connectivity index is 1.16. The van der Waals surface area contributed by atoms with Gasteiger partial charge in [0.25, 0.3) is 0 Å². The number of nitrogens with zero attached hydrogens (tertiary/aromatic N) is 1. The van der Waals surface area contributed by atoms with Crippen molar-refractivity contribution in [2.75, 3.05) is 20.2 Å². The number of amides is 2. The van der Waals surface area contributed by atoms with Crippen LogP contribution in [0.5, 0.6) is 5.75 Å². The largest absolute Gasteiger partial charge is 0.497 e. The Hall–Kier alpha value is -3.58. The number of nitrogens with one attached hydrogen (secondary N) is 2. The summed E-state index contributed by atoms with van der Waals surface area (Å²) in [7, 11) is 1.63. The number of benzene rings is 2. The van der Waals surface area contributed by atoms with E-state index in [0.717, 1.165) is 22.4 Å². The number of ether oxygens (including phenoxy) is 2. The number of carbonyl (C=O) groups excluding carboxylic acids is 2. The molecule has 1 aromatic heterocycles. The van der Waals surface area contributed by atoms with Gasteiger partial charge in [0, 0.05) is 23.6 Å². The fourth-order valence-electron chi connectivity index (χ4n) is 5.99. The van der Waals surface area contributed by atoms with Gasteiger partial charge in [0.1, 0.15) is 11.4 Å². The third-order valence-corrected chi connectivity index (χ3v) is 7.87. The third kappa shape index (κ3) is 3.45. The second-order valence-electron chi connectivity index (χ2n) is 9.72. The van der Waals surface area contributed by atoms with Crippen LogP contribution >= 0.6 is 0 Å². The van der Waals surface area contributed by atoms with Gasteiger partial charge in [-0.05, 0) is 42.7 Å². The van der Waals surface area contributed by atoms with Gasteiger partial charge in [0.2, 0.25) is 11.8 Å². The fraction of sp³-hybridized carbons (Fsp3) is 0.357. The minimum absolute atomic E-state index is 0.0167. The normalized spacial score (nSPS) is 27.4. The molecule has 2 bridgehead atoms. The molecule has 3 aliphatic rings. The van der Waals surface area contributed by atoms with Crippen LogP contribution in [-0.2, 0) is 20.7 Å². The summed E-state index contributed by atoms with van der Waals surface area (Å²) in [5.74, 6) is -0.358. The molecule has 3 aromatic rings. The summed E-state index contributed by atoms with van der Waals surface area (Å²) < 4.78 is 11.5. The molecular weight excluding hydrogens is 442 g/mol. The first kappa shape index (κ1) is 21.9. The molecule has 180 valence electrons. The SMILES string of the molecule is COc1ccc(C(C)N2CC34C=CC(O3)C(C(=O)NCCc3c[nH]c5ccccc35)C4C2=O)cc1. The van der Waals surface area contributed by atoms with Crippen molar-refractivity contribution in [2.24, 2.45) is 11.8 Å². The number of fused-ring (bicyclic) bond motifs is 2. The van der Waals surface area contributed by atoms with Crippen molar-refractivity contribution in [1.82, 2.24) is 15.2 Å². The minimum atomic E-state index is -0.721. The predicted octanol–water partition coefficient (Wildman–Crippen LogP) is 3.38. The Labute approximate surface area is 204 Å². The Morgan fingerprint density at radius 1 is 1.26 bits per heavy atom. The van der Waals surface area contributed by atoms with Crippen molar-refractivity contribution < 1.29 is 19.1 Å². The highest BCUT2D eigenvalue weighted by Crippen LogP contribution is 2.53. The highest BCUT2D eigenvalue weighted by atomic mass is 16.5. The van der Waals surface area contributed by atoms with E-state index in [2.05, 4.69) is 16.4 Å². The molecule has 2 amide bonds. The van der Waals surface area contributed by atoms with E-state index in [1.807, 2.05) is 72.6 Å². The lowest BCUT2D eigenvalue weighted by atomic mass is 9.77. The van der Waals surface area contributed by atoms with Crippen LogP contribution in [0.1, 0.15) is 24.1 Å². The Morgan fingerprint density at radius 2 is 2.06 bits per heavy atom. The number of rotatable bonds is 7. The standard InChI is InChI=1S/C28H29N3O4/c1-17(18-7-9-20(34-2)10-8-18)31-16-28-13-11-23(35-28)24(25(28)27(31)33)26(32)29-14-12-19-15-30-22-6-4-3-5-21(19)22/h3-11,13,15,17,23-25,30H,12,14,16H2,1-2H3,(H,29,32). The smallest absolute Gasteiger partial charge is 0.230 e. The van der Waals surface area contributed by atoms with E-state index in [1.54, 1.807) is 7.11 Å². The predicted molar refractivity (Wildman–Crippen MR) is 132 cm³/mol. The molecule has 7 heteroatoms. The Morgan fingerprint density at radius 3 is 2.86 bits per heavy atom. The van der Waals surface area contributed by atoms with Crippen LogP contribution in [0.2, 0.25) is 0 Å². The van der Waals surface area contributed by atoms with Crippen LogP contribution in [0.15, 0.2) is 66.9 Å². The quantitative estimate of drug-likeness (QED) is 0.518. The van der Waals surface area contributed by atoms with Crippen molar-refractivity contribution in [2.45, 2.75) is 31.1 Å². The average Bonchev–Trinajstić information content (AvgIpc) is 3.63. The molecule has 0 aliphatic carbocycles. The zero-order valence-electron chi connectivity index (χ0n) is 19.9. The second-order valence-corrected chi connectivity index (χ2v) is 9.72. The molecule has 2 saturated heterocycles. The van der Waals surface area contributed by atoms with Gasteiger partial charge >= 0.3 is 0 Å². The number of aromatic amines is 1. The van der Waals surface area contributed by atoms with Crippen LogP contribution in [-0.4, -0.2) is 53.6 Å². The Kier molecular flexibility index (Phi) is 5.18. The van der Waals surface area contributed by atoms with Gasteiger partial charge in [-0.25, -0.2) is 0 Å². The van der Waals surface area contributed by atoms with E-state index in [-0.39, 0.29) is 24.0 Å². The van der Waals surface area contributed by atoms with Crippen molar-refractivity contribution in [3.63, 3.8) is 0 Å². The molecule has 7 nitrogen and oxygen atoms in total. The molecule has 35 heavy (non-hydrogen) atoms. The van der Waals surface area contributed by atoms with Crippen molar-refractivity contribution in [3.8, 4) is 5.75 Å². The summed E-state index contributed by atoms with van der Waals surface area (Å²) in [6.07, 6.45) is 6.31. The van der Waals surface area contributed by atoms with Crippen molar-refractivity contribution >= 4 is 22.7 Å². The molecule has 6 rings (SSSR count). The van der Waals surface area contributed by atoms with E-state index in [0.29, 0.717) is 19.5 Å². The first-order chi connectivity index (χ1) is 17.0. The molecule has 2 fully saturated rings. The average molecular weight is 472 g/mol. The Bertz CT molecular complexity index is 1310. The molecule has 3 aliphatic heterocycles. The van der Waals surface area contributed by atoms with Crippen LogP contribution in [0.3, 0.4) is 0 Å². The van der Waals surface area contributed by atoms with E-state index in [4.69, 9.17) is 9.47 Å². The maximum atomic E-state index is 13.6. The van der Waals surface area contributed by atoms with Gasteiger partial charge in [0.15, 0.2) is 0 Å². The number of para-hydroxylation sites is 1. The zero-order valence-corrected chi connectivity index (χ0v) is 19.9.